The Morgan fingerprint density at radius 1 is 1.50 bits per heavy atom. The molecule has 0 amide bonds. The average Bonchev–Trinajstić information content (AvgIpc) is 2.35. The minimum Gasteiger partial charge on any atom is -0.488 e. The molecular weight excluding hydrogens is 266 g/mol. The van der Waals surface area contributed by atoms with E-state index in [0.29, 0.717) is 6.29 Å². The zero-order chi connectivity index (χ0) is 15.3. The summed E-state index contributed by atoms with van der Waals surface area (Å²) in [7, 11) is 0. The zero-order valence-corrected chi connectivity index (χ0v) is 11.2. The third-order valence-electron chi connectivity index (χ3n) is 2.66. The SMILES string of the molecule is CC(C)(CCC(=O)O)Oc1ccc([N+](=O)[O-])c(C=O)c1. The molecule has 1 N–H and O–H groups in total. The number of hydrogen-bond acceptors (Lipinski definition) is 5. The Labute approximate surface area is 115 Å². The number of aldehydes is 1. The molecule has 0 saturated carbocycles. The monoisotopic (exact) mass is 281 g/mol. The van der Waals surface area contributed by atoms with Crippen LogP contribution in [0.1, 0.15) is 37.0 Å². The molecule has 1 aromatic rings. The Hall–Kier alpha value is -2.44. The van der Waals surface area contributed by atoms with Crippen molar-refractivity contribution in [3.63, 3.8) is 0 Å². The number of carboxylic acid groups (broad SMARTS) is 1. The van der Waals surface area contributed by atoms with Gasteiger partial charge in [0.05, 0.1) is 10.5 Å². The number of carbonyl (C=O) groups excluding carboxylic acids is 1. The van der Waals surface area contributed by atoms with E-state index < -0.39 is 16.5 Å². The number of carbonyl (C=O) groups is 2. The van der Waals surface area contributed by atoms with E-state index in [-0.39, 0.29) is 29.8 Å². The van der Waals surface area contributed by atoms with Gasteiger partial charge in [-0.05, 0) is 32.4 Å². The van der Waals surface area contributed by atoms with E-state index in [0.717, 1.165) is 0 Å². The Morgan fingerprint density at radius 2 is 2.15 bits per heavy atom. The summed E-state index contributed by atoms with van der Waals surface area (Å²) < 4.78 is 5.58. The number of carboxylic acids is 1. The summed E-state index contributed by atoms with van der Waals surface area (Å²) in [6.45, 7) is 3.41. The lowest BCUT2D eigenvalue weighted by molar-refractivity contribution is -0.385. The van der Waals surface area contributed by atoms with E-state index in [4.69, 9.17) is 9.84 Å². The van der Waals surface area contributed by atoms with Crippen LogP contribution in [0.25, 0.3) is 0 Å². The third-order valence-corrected chi connectivity index (χ3v) is 2.66. The van der Waals surface area contributed by atoms with Crippen LogP contribution < -0.4 is 4.74 Å². The molecule has 7 heteroatoms. The molecular formula is C13H15NO6. The van der Waals surface area contributed by atoms with Crippen LogP contribution in [0.15, 0.2) is 18.2 Å². The highest BCUT2D eigenvalue weighted by atomic mass is 16.6. The van der Waals surface area contributed by atoms with Crippen molar-refractivity contribution in [2.75, 3.05) is 0 Å². The Kier molecular flexibility index (Phi) is 4.79. The number of nitro benzene ring substituents is 1. The molecule has 0 heterocycles. The maximum Gasteiger partial charge on any atom is 0.303 e. The number of rotatable bonds is 7. The van der Waals surface area contributed by atoms with Gasteiger partial charge < -0.3 is 9.84 Å². The zero-order valence-electron chi connectivity index (χ0n) is 11.2. The van der Waals surface area contributed by atoms with Crippen LogP contribution in [-0.2, 0) is 4.79 Å². The van der Waals surface area contributed by atoms with Gasteiger partial charge in [-0.1, -0.05) is 0 Å². The van der Waals surface area contributed by atoms with Crippen LogP contribution >= 0.6 is 0 Å². The second-order valence-corrected chi connectivity index (χ2v) is 4.85. The lowest BCUT2D eigenvalue weighted by Gasteiger charge is -2.26. The molecule has 0 radical (unpaired) electrons. The van der Waals surface area contributed by atoms with Gasteiger partial charge in [-0.2, -0.15) is 0 Å². The third kappa shape index (κ3) is 4.34. The van der Waals surface area contributed by atoms with E-state index in [1.165, 1.54) is 18.2 Å². The van der Waals surface area contributed by atoms with Gasteiger partial charge in [-0.25, -0.2) is 0 Å². The number of nitrogens with zero attached hydrogens (tertiary/aromatic N) is 1. The van der Waals surface area contributed by atoms with Gasteiger partial charge in [-0.3, -0.25) is 19.7 Å². The lowest BCUT2D eigenvalue weighted by atomic mass is 10.0. The van der Waals surface area contributed by atoms with E-state index in [2.05, 4.69) is 0 Å². The number of nitro groups is 1. The minimum absolute atomic E-state index is 0.0550. The van der Waals surface area contributed by atoms with Crippen molar-refractivity contribution in [3.05, 3.63) is 33.9 Å². The van der Waals surface area contributed by atoms with Crippen LogP contribution in [0.5, 0.6) is 5.75 Å². The predicted molar refractivity (Wildman–Crippen MR) is 70.1 cm³/mol. The standard InChI is InChI=1S/C13H15NO6/c1-13(2,6-5-12(16)17)20-10-3-4-11(14(18)19)9(7-10)8-15/h3-4,7-8H,5-6H2,1-2H3,(H,16,17). The first-order chi connectivity index (χ1) is 9.25. The quantitative estimate of drug-likeness (QED) is 0.467. The van der Waals surface area contributed by atoms with Crippen LogP contribution in [0, 0.1) is 10.1 Å². The molecule has 0 aliphatic rings. The molecule has 0 aliphatic heterocycles. The van der Waals surface area contributed by atoms with Crippen LogP contribution in [0.2, 0.25) is 0 Å². The summed E-state index contributed by atoms with van der Waals surface area (Å²) in [6, 6.07) is 3.84. The van der Waals surface area contributed by atoms with Gasteiger partial charge in [0.25, 0.3) is 5.69 Å². The molecule has 108 valence electrons. The van der Waals surface area contributed by atoms with Crippen molar-refractivity contribution < 1.29 is 24.4 Å². The van der Waals surface area contributed by atoms with Crippen LogP contribution in [0.3, 0.4) is 0 Å². The number of ether oxygens (including phenoxy) is 1. The maximum atomic E-state index is 10.8. The molecule has 0 aromatic heterocycles. The van der Waals surface area contributed by atoms with E-state index in [1.54, 1.807) is 13.8 Å². The van der Waals surface area contributed by atoms with Gasteiger partial charge in [-0.15, -0.1) is 0 Å². The van der Waals surface area contributed by atoms with Gasteiger partial charge in [0.2, 0.25) is 0 Å². The average molecular weight is 281 g/mol. The molecule has 0 aliphatic carbocycles. The summed E-state index contributed by atoms with van der Waals surface area (Å²) in [5.74, 6) is -0.646. The molecule has 0 unspecified atom stereocenters. The first kappa shape index (κ1) is 15.6. The number of aliphatic carboxylic acids is 1. The second-order valence-electron chi connectivity index (χ2n) is 4.85. The van der Waals surface area contributed by atoms with E-state index in [1.807, 2.05) is 0 Å². The normalized spacial score (nSPS) is 10.9. The number of hydrogen-bond donors (Lipinski definition) is 1. The summed E-state index contributed by atoms with van der Waals surface area (Å²) in [5.41, 5.74) is -1.13. The van der Waals surface area contributed by atoms with Crippen molar-refractivity contribution in [2.24, 2.45) is 0 Å². The van der Waals surface area contributed by atoms with Crippen LogP contribution in [-0.4, -0.2) is 27.9 Å². The van der Waals surface area contributed by atoms with Crippen molar-refractivity contribution >= 4 is 17.9 Å². The van der Waals surface area contributed by atoms with Crippen molar-refractivity contribution in [2.45, 2.75) is 32.3 Å². The second kappa shape index (κ2) is 6.14. The van der Waals surface area contributed by atoms with Gasteiger partial charge >= 0.3 is 5.97 Å². The van der Waals surface area contributed by atoms with Crippen LogP contribution in [0.4, 0.5) is 5.69 Å². The smallest absolute Gasteiger partial charge is 0.303 e. The molecule has 0 bridgehead atoms. The summed E-state index contributed by atoms with van der Waals surface area (Å²) in [4.78, 5) is 31.4. The Morgan fingerprint density at radius 3 is 2.65 bits per heavy atom. The van der Waals surface area contributed by atoms with Gasteiger partial charge in [0, 0.05) is 12.5 Å². The van der Waals surface area contributed by atoms with E-state index >= 15 is 0 Å². The molecule has 0 spiro atoms. The summed E-state index contributed by atoms with van der Waals surface area (Å²) in [6.07, 6.45) is 0.603. The molecule has 1 rings (SSSR count). The predicted octanol–water partition coefficient (Wildman–Crippen LogP) is 2.43. The van der Waals surface area contributed by atoms with Crippen molar-refractivity contribution in [1.82, 2.24) is 0 Å². The molecule has 0 fully saturated rings. The molecule has 1 aromatic carbocycles. The maximum absolute atomic E-state index is 10.8. The molecule has 20 heavy (non-hydrogen) atoms. The first-order valence-electron chi connectivity index (χ1n) is 5.89. The highest BCUT2D eigenvalue weighted by Gasteiger charge is 2.22. The fourth-order valence-corrected chi connectivity index (χ4v) is 1.63. The fraction of sp³-hybridized carbons (Fsp3) is 0.385. The van der Waals surface area contributed by atoms with Crippen molar-refractivity contribution in [3.8, 4) is 5.75 Å². The highest BCUT2D eigenvalue weighted by Crippen LogP contribution is 2.27. The highest BCUT2D eigenvalue weighted by molar-refractivity contribution is 5.82. The summed E-state index contributed by atoms with van der Waals surface area (Å²) >= 11 is 0. The summed E-state index contributed by atoms with van der Waals surface area (Å²) in [5, 5.41) is 19.3. The lowest BCUT2D eigenvalue weighted by Crippen LogP contribution is -2.29. The molecule has 0 saturated heterocycles. The Bertz CT molecular complexity index is 538. The largest absolute Gasteiger partial charge is 0.488 e. The number of benzene rings is 1. The van der Waals surface area contributed by atoms with E-state index in [9.17, 15) is 19.7 Å². The van der Waals surface area contributed by atoms with Gasteiger partial charge in [0.15, 0.2) is 6.29 Å². The molecule has 7 nitrogen and oxygen atoms in total. The topological polar surface area (TPSA) is 107 Å². The van der Waals surface area contributed by atoms with Crippen molar-refractivity contribution in [1.29, 1.82) is 0 Å². The fourth-order valence-electron chi connectivity index (χ4n) is 1.63. The van der Waals surface area contributed by atoms with Gasteiger partial charge in [0.1, 0.15) is 11.4 Å². The minimum atomic E-state index is -0.932. The molecule has 0 atom stereocenters. The first-order valence-corrected chi connectivity index (χ1v) is 5.89. The Balaban J connectivity index is 2.90.